The van der Waals surface area contributed by atoms with Crippen LogP contribution in [0.1, 0.15) is 19.8 Å². The number of carbonyl (C=O) groups excluding carboxylic acids is 1. The Hall–Kier alpha value is -0.570. The van der Waals surface area contributed by atoms with Crippen molar-refractivity contribution in [3.8, 4) is 0 Å². The molecule has 1 N–H and O–H groups in total. The molecule has 54 valence electrons. The van der Waals surface area contributed by atoms with Crippen molar-refractivity contribution < 1.29 is 4.79 Å². The van der Waals surface area contributed by atoms with Crippen molar-refractivity contribution in [2.45, 2.75) is 19.8 Å². The first-order chi connectivity index (χ1) is 4.35. The second-order valence-corrected chi connectivity index (χ2v) is 1.88. The molecule has 0 aromatic rings. The first-order valence-corrected chi connectivity index (χ1v) is 3.24. The molecule has 0 heterocycles. The lowest BCUT2D eigenvalue weighted by atomic mass is 10.3. The smallest absolute Gasteiger partial charge is 0.223 e. The van der Waals surface area contributed by atoms with Gasteiger partial charge in [-0.1, -0.05) is 13.3 Å². The fourth-order valence-electron chi connectivity index (χ4n) is 0.546. The van der Waals surface area contributed by atoms with Crippen molar-refractivity contribution in [1.29, 1.82) is 0 Å². The van der Waals surface area contributed by atoms with Crippen LogP contribution in [0.2, 0.25) is 0 Å². The molecule has 0 radical (unpaired) electrons. The summed E-state index contributed by atoms with van der Waals surface area (Å²) in [6.45, 7) is 2.90. The summed E-state index contributed by atoms with van der Waals surface area (Å²) >= 11 is 0. The van der Waals surface area contributed by atoms with Gasteiger partial charge in [-0.15, -0.1) is 0 Å². The van der Waals surface area contributed by atoms with Crippen molar-refractivity contribution in [3.05, 3.63) is 0 Å². The van der Waals surface area contributed by atoms with Gasteiger partial charge in [0.2, 0.25) is 6.41 Å². The number of amides is 1. The molecule has 0 saturated carbocycles. The van der Waals surface area contributed by atoms with E-state index in [-0.39, 0.29) is 0 Å². The van der Waals surface area contributed by atoms with Crippen LogP contribution < -0.4 is 5.43 Å². The summed E-state index contributed by atoms with van der Waals surface area (Å²) in [5.74, 6) is 0. The largest absolute Gasteiger partial charge is 0.281 e. The van der Waals surface area contributed by atoms with Crippen LogP contribution in [0.25, 0.3) is 0 Å². The molecule has 0 aliphatic heterocycles. The zero-order chi connectivity index (χ0) is 7.11. The molecular weight excluding hydrogens is 116 g/mol. The van der Waals surface area contributed by atoms with Crippen LogP contribution in [0.4, 0.5) is 0 Å². The molecule has 0 rings (SSSR count). The van der Waals surface area contributed by atoms with Gasteiger partial charge >= 0.3 is 0 Å². The molecule has 0 atom stereocenters. The highest BCUT2D eigenvalue weighted by molar-refractivity contribution is 5.45. The van der Waals surface area contributed by atoms with E-state index in [1.165, 1.54) is 5.01 Å². The van der Waals surface area contributed by atoms with Gasteiger partial charge in [0.25, 0.3) is 0 Å². The van der Waals surface area contributed by atoms with E-state index in [0.29, 0.717) is 0 Å². The summed E-state index contributed by atoms with van der Waals surface area (Å²) in [7, 11) is 1.74. The monoisotopic (exact) mass is 130 g/mol. The summed E-state index contributed by atoms with van der Waals surface area (Å²) in [6.07, 6.45) is 2.97. The van der Waals surface area contributed by atoms with E-state index in [4.69, 9.17) is 0 Å². The molecule has 9 heavy (non-hydrogen) atoms. The highest BCUT2D eigenvalue weighted by atomic mass is 16.1. The summed E-state index contributed by atoms with van der Waals surface area (Å²) in [5, 5.41) is 1.53. The number of rotatable bonds is 5. The molecule has 0 aliphatic rings. The fourth-order valence-corrected chi connectivity index (χ4v) is 0.546. The van der Waals surface area contributed by atoms with E-state index >= 15 is 0 Å². The maximum atomic E-state index is 10.1. The molecule has 0 saturated heterocycles. The second-order valence-electron chi connectivity index (χ2n) is 1.88. The van der Waals surface area contributed by atoms with E-state index in [2.05, 4.69) is 12.3 Å². The maximum absolute atomic E-state index is 10.1. The summed E-state index contributed by atoms with van der Waals surface area (Å²) in [5.41, 5.74) is 2.75. The Labute approximate surface area is 56.0 Å². The molecule has 0 unspecified atom stereocenters. The molecule has 0 aromatic heterocycles. The predicted molar refractivity (Wildman–Crippen MR) is 36.7 cm³/mol. The minimum absolute atomic E-state index is 0.801. The standard InChI is InChI=1S/C6H14N2O/c1-3-4-5-8(6-9)7-2/h6-7H,3-5H2,1-2H3. The lowest BCUT2D eigenvalue weighted by molar-refractivity contribution is -0.120. The molecule has 0 aliphatic carbocycles. The van der Waals surface area contributed by atoms with E-state index in [1.54, 1.807) is 7.05 Å². The number of hydrogen-bond donors (Lipinski definition) is 1. The van der Waals surface area contributed by atoms with Crippen LogP contribution in [-0.2, 0) is 4.79 Å². The molecule has 0 aromatic carbocycles. The van der Waals surface area contributed by atoms with Gasteiger partial charge in [0.15, 0.2) is 0 Å². The Bertz CT molecular complexity index is 75.5. The second kappa shape index (κ2) is 5.56. The predicted octanol–water partition coefficient (Wildman–Crippen LogP) is 0.379. The minimum atomic E-state index is 0.801. The van der Waals surface area contributed by atoms with Gasteiger partial charge in [-0.05, 0) is 6.42 Å². The third-order valence-electron chi connectivity index (χ3n) is 1.17. The van der Waals surface area contributed by atoms with Gasteiger partial charge in [-0.25, -0.2) is 5.43 Å². The van der Waals surface area contributed by atoms with Crippen molar-refractivity contribution >= 4 is 6.41 Å². The van der Waals surface area contributed by atoms with Gasteiger partial charge in [0, 0.05) is 13.6 Å². The fraction of sp³-hybridized carbons (Fsp3) is 0.833. The Kier molecular flexibility index (Phi) is 5.21. The van der Waals surface area contributed by atoms with E-state index in [1.807, 2.05) is 0 Å². The van der Waals surface area contributed by atoms with Gasteiger partial charge in [-0.3, -0.25) is 9.80 Å². The van der Waals surface area contributed by atoms with Gasteiger partial charge in [0.05, 0.1) is 0 Å². The molecule has 0 fully saturated rings. The van der Waals surface area contributed by atoms with Crippen LogP contribution in [-0.4, -0.2) is 25.0 Å². The lowest BCUT2D eigenvalue weighted by Gasteiger charge is -2.13. The lowest BCUT2D eigenvalue weighted by Crippen LogP contribution is -2.34. The first kappa shape index (κ1) is 8.43. The molecule has 3 heteroatoms. The van der Waals surface area contributed by atoms with Gasteiger partial charge in [-0.2, -0.15) is 0 Å². The third kappa shape index (κ3) is 3.97. The normalized spacial score (nSPS) is 9.11. The van der Waals surface area contributed by atoms with Crippen LogP contribution in [0, 0.1) is 0 Å². The zero-order valence-corrected chi connectivity index (χ0v) is 6.05. The Morgan fingerprint density at radius 3 is 2.67 bits per heavy atom. The number of nitrogens with zero attached hydrogens (tertiary/aromatic N) is 1. The number of carbonyl (C=O) groups is 1. The topological polar surface area (TPSA) is 32.3 Å². The van der Waals surface area contributed by atoms with Crippen molar-refractivity contribution in [1.82, 2.24) is 10.4 Å². The van der Waals surface area contributed by atoms with Crippen molar-refractivity contribution in [2.24, 2.45) is 0 Å². The summed E-state index contributed by atoms with van der Waals surface area (Å²) in [6, 6.07) is 0. The Morgan fingerprint density at radius 2 is 2.33 bits per heavy atom. The number of hydrogen-bond acceptors (Lipinski definition) is 2. The summed E-state index contributed by atoms with van der Waals surface area (Å²) < 4.78 is 0. The number of unbranched alkanes of at least 4 members (excludes halogenated alkanes) is 1. The van der Waals surface area contributed by atoms with E-state index in [0.717, 1.165) is 25.8 Å². The number of hydrazine groups is 1. The molecule has 0 bridgehead atoms. The van der Waals surface area contributed by atoms with Crippen LogP contribution >= 0.6 is 0 Å². The average molecular weight is 130 g/mol. The van der Waals surface area contributed by atoms with E-state index < -0.39 is 0 Å². The Morgan fingerprint density at radius 1 is 1.67 bits per heavy atom. The van der Waals surface area contributed by atoms with Crippen molar-refractivity contribution in [2.75, 3.05) is 13.6 Å². The quantitative estimate of drug-likeness (QED) is 0.431. The molecule has 0 spiro atoms. The average Bonchev–Trinajstić information content (AvgIpc) is 1.91. The van der Waals surface area contributed by atoms with E-state index in [9.17, 15) is 4.79 Å². The highest BCUT2D eigenvalue weighted by Crippen LogP contribution is 1.86. The Balaban J connectivity index is 3.20. The maximum Gasteiger partial charge on any atom is 0.223 e. The van der Waals surface area contributed by atoms with Gasteiger partial charge in [0.1, 0.15) is 0 Å². The number of nitrogens with one attached hydrogen (secondary N) is 1. The zero-order valence-electron chi connectivity index (χ0n) is 6.05. The highest BCUT2D eigenvalue weighted by Gasteiger charge is 1.93. The van der Waals surface area contributed by atoms with Crippen LogP contribution in [0.5, 0.6) is 0 Å². The molecule has 3 nitrogen and oxygen atoms in total. The summed E-state index contributed by atoms with van der Waals surface area (Å²) in [4.78, 5) is 10.1. The SMILES string of the molecule is CCCCN(C=O)NC. The van der Waals surface area contributed by atoms with Gasteiger partial charge < -0.3 is 0 Å². The molecule has 1 amide bonds. The molecular formula is C6H14N2O. The first-order valence-electron chi connectivity index (χ1n) is 3.24. The third-order valence-corrected chi connectivity index (χ3v) is 1.17. The van der Waals surface area contributed by atoms with Crippen LogP contribution in [0.15, 0.2) is 0 Å². The minimum Gasteiger partial charge on any atom is -0.281 e. The van der Waals surface area contributed by atoms with Crippen molar-refractivity contribution in [3.63, 3.8) is 0 Å². The van der Waals surface area contributed by atoms with Crippen LogP contribution in [0.3, 0.4) is 0 Å².